The Labute approximate surface area is 116 Å². The minimum absolute atomic E-state index is 0.0413. The molecule has 1 saturated heterocycles. The Balaban J connectivity index is 2.13. The Kier molecular flexibility index (Phi) is 3.97. The van der Waals surface area contributed by atoms with Crippen LogP contribution >= 0.6 is 0 Å². The number of cyclic esters (lactones) is 1. The van der Waals surface area contributed by atoms with Gasteiger partial charge in [-0.15, -0.1) is 0 Å². The molecule has 108 valence electrons. The number of carbonyl (C=O) groups is 2. The maximum atomic E-state index is 12.1. The van der Waals surface area contributed by atoms with Crippen molar-refractivity contribution in [1.29, 1.82) is 0 Å². The van der Waals surface area contributed by atoms with Gasteiger partial charge >= 0.3 is 6.09 Å². The van der Waals surface area contributed by atoms with Gasteiger partial charge in [0.1, 0.15) is 24.1 Å². The number of hydrogen-bond acceptors (Lipinski definition) is 5. The van der Waals surface area contributed by atoms with Crippen LogP contribution in [0, 0.1) is 0 Å². The average molecular weight is 280 g/mol. The van der Waals surface area contributed by atoms with Crippen LogP contribution in [0.2, 0.25) is 0 Å². The highest BCUT2D eigenvalue weighted by Crippen LogP contribution is 2.29. The van der Waals surface area contributed by atoms with Crippen molar-refractivity contribution >= 4 is 17.7 Å². The third kappa shape index (κ3) is 2.61. The van der Waals surface area contributed by atoms with Gasteiger partial charge in [0.25, 0.3) is 5.91 Å². The molecule has 0 spiro atoms. The zero-order valence-electron chi connectivity index (χ0n) is 11.5. The van der Waals surface area contributed by atoms with E-state index in [2.05, 4.69) is 5.32 Å². The van der Waals surface area contributed by atoms with Crippen LogP contribution in [0.25, 0.3) is 0 Å². The van der Waals surface area contributed by atoms with E-state index in [1.807, 2.05) is 0 Å². The second kappa shape index (κ2) is 5.68. The Hall–Kier alpha value is -2.44. The lowest BCUT2D eigenvalue weighted by Crippen LogP contribution is -2.40. The summed E-state index contributed by atoms with van der Waals surface area (Å²) < 4.78 is 15.1. The fourth-order valence-corrected chi connectivity index (χ4v) is 1.86. The van der Waals surface area contributed by atoms with Crippen LogP contribution in [-0.4, -0.2) is 50.8 Å². The minimum Gasteiger partial charge on any atom is -0.497 e. The van der Waals surface area contributed by atoms with Crippen molar-refractivity contribution in [2.45, 2.75) is 6.04 Å². The number of anilines is 1. The van der Waals surface area contributed by atoms with Crippen LogP contribution in [0.3, 0.4) is 0 Å². The Bertz CT molecular complexity index is 531. The molecule has 1 unspecified atom stereocenters. The molecule has 0 aromatic heterocycles. The Morgan fingerprint density at radius 1 is 1.40 bits per heavy atom. The second-order valence-electron chi connectivity index (χ2n) is 4.26. The summed E-state index contributed by atoms with van der Waals surface area (Å²) in [4.78, 5) is 24.6. The molecule has 1 atom stereocenters. The lowest BCUT2D eigenvalue weighted by molar-refractivity contribution is -0.119. The molecule has 1 aliphatic rings. The third-order valence-electron chi connectivity index (χ3n) is 3.09. The van der Waals surface area contributed by atoms with Gasteiger partial charge in [-0.3, -0.25) is 9.69 Å². The van der Waals surface area contributed by atoms with Gasteiger partial charge in [-0.1, -0.05) is 0 Å². The molecule has 1 aromatic rings. The number of benzene rings is 1. The molecule has 1 fully saturated rings. The highest BCUT2D eigenvalue weighted by Gasteiger charge is 2.35. The number of amides is 2. The first-order chi connectivity index (χ1) is 9.56. The minimum atomic E-state index is -0.644. The number of ether oxygens (including phenoxy) is 3. The summed E-state index contributed by atoms with van der Waals surface area (Å²) in [5.41, 5.74) is 0.506. The molecule has 1 aliphatic heterocycles. The summed E-state index contributed by atoms with van der Waals surface area (Å²) in [6.45, 7) is 0.0413. The average Bonchev–Trinajstić information content (AvgIpc) is 2.79. The van der Waals surface area contributed by atoms with Gasteiger partial charge in [0, 0.05) is 13.1 Å². The van der Waals surface area contributed by atoms with E-state index in [0.717, 1.165) is 0 Å². The van der Waals surface area contributed by atoms with Crippen molar-refractivity contribution < 1.29 is 23.8 Å². The predicted octanol–water partition coefficient (Wildman–Crippen LogP) is 1.09. The zero-order chi connectivity index (χ0) is 14.7. The largest absolute Gasteiger partial charge is 0.497 e. The lowest BCUT2D eigenvalue weighted by Gasteiger charge is -2.17. The molecular weight excluding hydrogens is 264 g/mol. The molecule has 0 saturated carbocycles. The monoisotopic (exact) mass is 280 g/mol. The molecule has 1 N–H and O–H groups in total. The number of rotatable bonds is 4. The first-order valence-electron chi connectivity index (χ1n) is 5.99. The maximum absolute atomic E-state index is 12.1. The fourth-order valence-electron chi connectivity index (χ4n) is 1.86. The molecule has 7 nitrogen and oxygen atoms in total. The van der Waals surface area contributed by atoms with E-state index < -0.39 is 12.1 Å². The van der Waals surface area contributed by atoms with Gasteiger partial charge in [0.15, 0.2) is 0 Å². The topological polar surface area (TPSA) is 77.1 Å². The van der Waals surface area contributed by atoms with E-state index in [-0.39, 0.29) is 12.5 Å². The van der Waals surface area contributed by atoms with E-state index in [4.69, 9.17) is 14.2 Å². The van der Waals surface area contributed by atoms with Crippen LogP contribution in [0.1, 0.15) is 0 Å². The molecule has 7 heteroatoms. The summed E-state index contributed by atoms with van der Waals surface area (Å²) in [6, 6.07) is 4.40. The number of hydrogen-bond donors (Lipinski definition) is 1. The molecule has 0 radical (unpaired) electrons. The van der Waals surface area contributed by atoms with Crippen LogP contribution in [0.15, 0.2) is 18.2 Å². The van der Waals surface area contributed by atoms with Crippen LogP contribution in [-0.2, 0) is 9.53 Å². The summed E-state index contributed by atoms with van der Waals surface area (Å²) in [7, 11) is 4.56. The highest BCUT2D eigenvalue weighted by atomic mass is 16.6. The van der Waals surface area contributed by atoms with Crippen molar-refractivity contribution in [3.63, 3.8) is 0 Å². The number of nitrogens with zero attached hydrogens (tertiary/aromatic N) is 1. The van der Waals surface area contributed by atoms with Gasteiger partial charge < -0.3 is 19.5 Å². The lowest BCUT2D eigenvalue weighted by atomic mass is 10.2. The summed E-state index contributed by atoms with van der Waals surface area (Å²) >= 11 is 0. The Morgan fingerprint density at radius 2 is 2.15 bits per heavy atom. The highest BCUT2D eigenvalue weighted by molar-refractivity contribution is 5.98. The third-order valence-corrected chi connectivity index (χ3v) is 3.09. The quantitative estimate of drug-likeness (QED) is 0.893. The molecule has 2 rings (SSSR count). The first-order valence-corrected chi connectivity index (χ1v) is 5.99. The molecule has 1 aromatic carbocycles. The van der Waals surface area contributed by atoms with Gasteiger partial charge in [0.2, 0.25) is 0 Å². The fraction of sp³-hybridized carbons (Fsp3) is 0.385. The van der Waals surface area contributed by atoms with E-state index in [9.17, 15) is 9.59 Å². The summed E-state index contributed by atoms with van der Waals surface area (Å²) in [5, 5.41) is 2.71. The van der Waals surface area contributed by atoms with Crippen molar-refractivity contribution in [3.05, 3.63) is 18.2 Å². The second-order valence-corrected chi connectivity index (χ2v) is 4.26. The SMILES string of the molecule is COc1ccc(NC(=O)C2COC(=O)N2C)c(OC)c1. The van der Waals surface area contributed by atoms with Crippen molar-refractivity contribution in [1.82, 2.24) is 4.90 Å². The van der Waals surface area contributed by atoms with Gasteiger partial charge in [-0.25, -0.2) is 4.79 Å². The maximum Gasteiger partial charge on any atom is 0.410 e. The zero-order valence-corrected chi connectivity index (χ0v) is 11.5. The number of likely N-dealkylation sites (N-methyl/N-ethyl adjacent to an activating group) is 1. The van der Waals surface area contributed by atoms with Gasteiger partial charge in [-0.2, -0.15) is 0 Å². The van der Waals surface area contributed by atoms with E-state index in [1.165, 1.54) is 19.1 Å². The van der Waals surface area contributed by atoms with Crippen molar-refractivity contribution in [2.24, 2.45) is 0 Å². The number of carbonyl (C=O) groups excluding carboxylic acids is 2. The molecule has 2 amide bonds. The number of methoxy groups -OCH3 is 2. The smallest absolute Gasteiger partial charge is 0.410 e. The van der Waals surface area contributed by atoms with E-state index in [1.54, 1.807) is 25.3 Å². The standard InChI is InChI=1S/C13H16N2O5/c1-15-10(7-20-13(15)17)12(16)14-9-5-4-8(18-2)6-11(9)19-3/h4-6,10H,7H2,1-3H3,(H,14,16). The van der Waals surface area contributed by atoms with E-state index >= 15 is 0 Å². The van der Waals surface area contributed by atoms with Gasteiger partial charge in [-0.05, 0) is 12.1 Å². The van der Waals surface area contributed by atoms with E-state index in [0.29, 0.717) is 17.2 Å². The van der Waals surface area contributed by atoms with Crippen molar-refractivity contribution in [2.75, 3.05) is 33.2 Å². The van der Waals surface area contributed by atoms with Crippen LogP contribution in [0.5, 0.6) is 11.5 Å². The normalized spacial score (nSPS) is 17.6. The van der Waals surface area contributed by atoms with Crippen LogP contribution < -0.4 is 14.8 Å². The Morgan fingerprint density at radius 3 is 2.70 bits per heavy atom. The number of nitrogens with one attached hydrogen (secondary N) is 1. The molecular formula is C13H16N2O5. The van der Waals surface area contributed by atoms with Crippen molar-refractivity contribution in [3.8, 4) is 11.5 Å². The molecule has 0 bridgehead atoms. The predicted molar refractivity (Wildman–Crippen MR) is 71.1 cm³/mol. The molecule has 0 aliphatic carbocycles. The molecule has 20 heavy (non-hydrogen) atoms. The van der Waals surface area contributed by atoms with Crippen LogP contribution in [0.4, 0.5) is 10.5 Å². The van der Waals surface area contributed by atoms with Gasteiger partial charge in [0.05, 0.1) is 19.9 Å². The summed E-state index contributed by atoms with van der Waals surface area (Å²) in [6.07, 6.45) is -0.508. The molecule has 1 heterocycles. The first kappa shape index (κ1) is 14.0. The summed E-state index contributed by atoms with van der Waals surface area (Å²) in [5.74, 6) is 0.767.